The first-order valence-corrected chi connectivity index (χ1v) is 7.21. The number of carboxylic acid groups (broad SMARTS) is 1. The number of para-hydroxylation sites is 1. The standard InChI is InChI=1S/C17H14N2O5/c20-16(21)15-10-14(19-24-15)11-5-4-6-12(9-11)18-17(22)23-13-7-2-1-3-8-13/h1-9,15H,10H2,(H,18,22)(H,20,21). The summed E-state index contributed by atoms with van der Waals surface area (Å²) in [6.07, 6.45) is -1.42. The molecule has 0 aromatic heterocycles. The van der Waals surface area contributed by atoms with Gasteiger partial charge in [0.2, 0.25) is 6.10 Å². The molecule has 0 fully saturated rings. The van der Waals surface area contributed by atoms with Crippen LogP contribution in [0, 0.1) is 0 Å². The van der Waals surface area contributed by atoms with Crippen LogP contribution < -0.4 is 10.1 Å². The van der Waals surface area contributed by atoms with Crippen molar-refractivity contribution in [1.82, 2.24) is 0 Å². The molecule has 1 amide bonds. The lowest BCUT2D eigenvalue weighted by atomic mass is 10.0. The monoisotopic (exact) mass is 326 g/mol. The van der Waals surface area contributed by atoms with Gasteiger partial charge in [0.05, 0.1) is 5.71 Å². The number of nitrogens with zero attached hydrogens (tertiary/aromatic N) is 1. The number of oxime groups is 1. The van der Waals surface area contributed by atoms with E-state index < -0.39 is 18.2 Å². The molecular weight excluding hydrogens is 312 g/mol. The molecule has 2 N–H and O–H groups in total. The van der Waals surface area contributed by atoms with Crippen LogP contribution in [0.3, 0.4) is 0 Å². The maximum Gasteiger partial charge on any atom is 0.417 e. The summed E-state index contributed by atoms with van der Waals surface area (Å²) in [5, 5.41) is 15.3. The molecule has 2 aromatic rings. The highest BCUT2D eigenvalue weighted by Gasteiger charge is 2.28. The highest BCUT2D eigenvalue weighted by Crippen LogP contribution is 2.20. The van der Waals surface area contributed by atoms with E-state index in [1.807, 2.05) is 6.07 Å². The van der Waals surface area contributed by atoms with Crippen molar-refractivity contribution in [1.29, 1.82) is 0 Å². The van der Waals surface area contributed by atoms with Crippen molar-refractivity contribution in [3.63, 3.8) is 0 Å². The maximum atomic E-state index is 11.9. The van der Waals surface area contributed by atoms with Crippen molar-refractivity contribution in [2.45, 2.75) is 12.5 Å². The minimum absolute atomic E-state index is 0.174. The molecule has 0 radical (unpaired) electrons. The van der Waals surface area contributed by atoms with Crippen molar-refractivity contribution in [3.05, 3.63) is 60.2 Å². The first-order valence-electron chi connectivity index (χ1n) is 7.21. The van der Waals surface area contributed by atoms with Gasteiger partial charge in [-0.05, 0) is 24.3 Å². The second-order valence-electron chi connectivity index (χ2n) is 5.08. The Bertz CT molecular complexity index is 789. The maximum absolute atomic E-state index is 11.9. The fraction of sp³-hybridized carbons (Fsp3) is 0.118. The molecule has 0 saturated carbocycles. The summed E-state index contributed by atoms with van der Waals surface area (Å²) in [4.78, 5) is 27.6. The molecule has 1 aliphatic heterocycles. The second-order valence-corrected chi connectivity index (χ2v) is 5.08. The van der Waals surface area contributed by atoms with Gasteiger partial charge < -0.3 is 14.7 Å². The fourth-order valence-electron chi connectivity index (χ4n) is 2.20. The highest BCUT2D eigenvalue weighted by molar-refractivity contribution is 6.04. The first kappa shape index (κ1) is 15.5. The Kier molecular flexibility index (Phi) is 4.42. The van der Waals surface area contributed by atoms with Gasteiger partial charge in [-0.2, -0.15) is 0 Å². The summed E-state index contributed by atoms with van der Waals surface area (Å²) in [7, 11) is 0. The van der Waals surface area contributed by atoms with Gasteiger partial charge in [0.1, 0.15) is 5.75 Å². The number of hydrogen-bond acceptors (Lipinski definition) is 5. The van der Waals surface area contributed by atoms with E-state index in [2.05, 4.69) is 10.5 Å². The molecule has 0 saturated heterocycles. The average molecular weight is 326 g/mol. The van der Waals surface area contributed by atoms with Crippen LogP contribution in [0.1, 0.15) is 12.0 Å². The predicted molar refractivity (Wildman–Crippen MR) is 86.2 cm³/mol. The molecule has 3 rings (SSSR count). The molecule has 1 heterocycles. The van der Waals surface area contributed by atoms with E-state index in [0.29, 0.717) is 22.7 Å². The fourth-order valence-corrected chi connectivity index (χ4v) is 2.20. The van der Waals surface area contributed by atoms with Crippen molar-refractivity contribution >= 4 is 23.5 Å². The quantitative estimate of drug-likeness (QED) is 0.900. The molecule has 24 heavy (non-hydrogen) atoms. The first-order chi connectivity index (χ1) is 11.6. The topological polar surface area (TPSA) is 97.2 Å². The number of carboxylic acids is 1. The number of ether oxygens (including phenoxy) is 1. The Morgan fingerprint density at radius 1 is 1.17 bits per heavy atom. The molecule has 0 bridgehead atoms. The lowest BCUT2D eigenvalue weighted by Gasteiger charge is -2.08. The molecule has 7 nitrogen and oxygen atoms in total. The number of hydrogen-bond donors (Lipinski definition) is 2. The largest absolute Gasteiger partial charge is 0.478 e. The van der Waals surface area contributed by atoms with Gasteiger partial charge in [-0.3, -0.25) is 5.32 Å². The van der Waals surface area contributed by atoms with Crippen LogP contribution in [0.15, 0.2) is 59.8 Å². The molecule has 1 unspecified atom stereocenters. The van der Waals surface area contributed by atoms with Crippen LogP contribution in [0.2, 0.25) is 0 Å². The van der Waals surface area contributed by atoms with Gasteiger partial charge in [0.25, 0.3) is 0 Å². The summed E-state index contributed by atoms with van der Waals surface area (Å²) < 4.78 is 5.15. The number of nitrogens with one attached hydrogen (secondary N) is 1. The van der Waals surface area contributed by atoms with Gasteiger partial charge in [-0.15, -0.1) is 0 Å². The molecule has 2 aromatic carbocycles. The number of carbonyl (C=O) groups excluding carboxylic acids is 1. The Labute approximate surface area is 137 Å². The van der Waals surface area contributed by atoms with Crippen molar-refractivity contribution in [2.75, 3.05) is 5.32 Å². The van der Waals surface area contributed by atoms with E-state index in [1.54, 1.807) is 48.5 Å². The molecule has 122 valence electrons. The van der Waals surface area contributed by atoms with Gasteiger partial charge in [-0.25, -0.2) is 9.59 Å². The van der Waals surface area contributed by atoms with E-state index in [0.717, 1.165) is 0 Å². The molecule has 1 aliphatic rings. The van der Waals surface area contributed by atoms with E-state index in [4.69, 9.17) is 14.7 Å². The molecule has 1 atom stereocenters. The van der Waals surface area contributed by atoms with Crippen LogP contribution >= 0.6 is 0 Å². The summed E-state index contributed by atoms with van der Waals surface area (Å²) in [6.45, 7) is 0. The smallest absolute Gasteiger partial charge is 0.417 e. The lowest BCUT2D eigenvalue weighted by molar-refractivity contribution is -0.148. The molecule has 0 aliphatic carbocycles. The van der Waals surface area contributed by atoms with Crippen LogP contribution in [0.25, 0.3) is 0 Å². The van der Waals surface area contributed by atoms with Crippen LogP contribution in [-0.2, 0) is 9.63 Å². The summed E-state index contributed by atoms with van der Waals surface area (Å²) >= 11 is 0. The third-order valence-corrected chi connectivity index (χ3v) is 3.34. The van der Waals surface area contributed by atoms with Crippen LogP contribution in [0.4, 0.5) is 10.5 Å². The lowest BCUT2D eigenvalue weighted by Crippen LogP contribution is -2.20. The normalized spacial score (nSPS) is 16.0. The van der Waals surface area contributed by atoms with Crippen LogP contribution in [-0.4, -0.2) is 29.0 Å². The minimum atomic E-state index is -1.06. The van der Waals surface area contributed by atoms with Crippen molar-refractivity contribution in [3.8, 4) is 5.75 Å². The third-order valence-electron chi connectivity index (χ3n) is 3.34. The SMILES string of the molecule is O=C(Nc1cccc(C2=NOC(C(=O)O)C2)c1)Oc1ccccc1. The summed E-state index contributed by atoms with van der Waals surface area (Å²) in [6, 6.07) is 15.6. The van der Waals surface area contributed by atoms with E-state index in [9.17, 15) is 9.59 Å². The highest BCUT2D eigenvalue weighted by atomic mass is 16.7. The zero-order chi connectivity index (χ0) is 16.9. The van der Waals surface area contributed by atoms with Gasteiger partial charge in [0, 0.05) is 17.7 Å². The van der Waals surface area contributed by atoms with Gasteiger partial charge >= 0.3 is 12.1 Å². The van der Waals surface area contributed by atoms with E-state index in [1.165, 1.54) is 0 Å². The van der Waals surface area contributed by atoms with Crippen molar-refractivity contribution in [2.24, 2.45) is 5.16 Å². The third kappa shape index (κ3) is 3.70. The Hall–Kier alpha value is -3.35. The second kappa shape index (κ2) is 6.82. The number of benzene rings is 2. The number of rotatable bonds is 4. The molecular formula is C17H14N2O5. The number of aliphatic carboxylic acids is 1. The summed E-state index contributed by atoms with van der Waals surface area (Å²) in [5.74, 6) is -0.626. The molecule has 0 spiro atoms. The zero-order valence-corrected chi connectivity index (χ0v) is 12.5. The van der Waals surface area contributed by atoms with E-state index in [-0.39, 0.29) is 6.42 Å². The average Bonchev–Trinajstić information content (AvgIpc) is 3.06. The Morgan fingerprint density at radius 3 is 2.67 bits per heavy atom. The predicted octanol–water partition coefficient (Wildman–Crippen LogP) is 2.88. The number of carbonyl (C=O) groups is 2. The number of anilines is 1. The number of amides is 1. The minimum Gasteiger partial charge on any atom is -0.478 e. The molecule has 7 heteroatoms. The Balaban J connectivity index is 1.65. The van der Waals surface area contributed by atoms with E-state index >= 15 is 0 Å². The van der Waals surface area contributed by atoms with Gasteiger partial charge in [-0.1, -0.05) is 35.5 Å². The van der Waals surface area contributed by atoms with Crippen molar-refractivity contribution < 1.29 is 24.3 Å². The zero-order valence-electron chi connectivity index (χ0n) is 12.5. The van der Waals surface area contributed by atoms with Gasteiger partial charge in [0.15, 0.2) is 0 Å². The Morgan fingerprint density at radius 2 is 1.96 bits per heavy atom. The summed E-state index contributed by atoms with van der Waals surface area (Å²) in [5.41, 5.74) is 1.70. The van der Waals surface area contributed by atoms with Crippen LogP contribution in [0.5, 0.6) is 5.75 Å².